The van der Waals surface area contributed by atoms with Gasteiger partial charge in [0.05, 0.1) is 0 Å². The van der Waals surface area contributed by atoms with E-state index < -0.39 is 0 Å². The van der Waals surface area contributed by atoms with Crippen molar-refractivity contribution in [3.63, 3.8) is 0 Å². The SMILES string of the molecule is NCCN1CCN(C(=O)c2cccc(Cl)c2)CC1. The summed E-state index contributed by atoms with van der Waals surface area (Å²) in [5.41, 5.74) is 6.19. The van der Waals surface area contributed by atoms with Gasteiger partial charge in [-0.15, -0.1) is 0 Å². The molecule has 2 rings (SSSR count). The highest BCUT2D eigenvalue weighted by molar-refractivity contribution is 6.30. The molecule has 0 aromatic heterocycles. The molecule has 1 aliphatic heterocycles. The standard InChI is InChI=1S/C13H18ClN3O/c14-12-3-1-2-11(10-12)13(18)17-8-6-16(5-4-15)7-9-17/h1-3,10H,4-9,15H2. The van der Waals surface area contributed by atoms with E-state index in [0.717, 1.165) is 32.7 Å². The zero-order valence-corrected chi connectivity index (χ0v) is 11.1. The molecule has 0 atom stereocenters. The minimum Gasteiger partial charge on any atom is -0.336 e. The van der Waals surface area contributed by atoms with Crippen molar-refractivity contribution in [2.24, 2.45) is 5.73 Å². The van der Waals surface area contributed by atoms with Crippen molar-refractivity contribution >= 4 is 17.5 Å². The molecule has 1 aromatic carbocycles. The lowest BCUT2D eigenvalue weighted by Gasteiger charge is -2.34. The molecule has 1 aromatic rings. The second kappa shape index (κ2) is 6.18. The maximum atomic E-state index is 12.2. The third-order valence-electron chi connectivity index (χ3n) is 3.18. The Bertz CT molecular complexity index is 416. The quantitative estimate of drug-likeness (QED) is 0.891. The van der Waals surface area contributed by atoms with E-state index in [2.05, 4.69) is 4.90 Å². The van der Waals surface area contributed by atoms with Crippen LogP contribution in [0, 0.1) is 0 Å². The Morgan fingerprint density at radius 2 is 2.00 bits per heavy atom. The highest BCUT2D eigenvalue weighted by Gasteiger charge is 2.21. The molecule has 0 spiro atoms. The number of benzene rings is 1. The fraction of sp³-hybridized carbons (Fsp3) is 0.462. The lowest BCUT2D eigenvalue weighted by molar-refractivity contribution is 0.0641. The first-order chi connectivity index (χ1) is 8.70. The van der Waals surface area contributed by atoms with Crippen LogP contribution < -0.4 is 5.73 Å². The maximum absolute atomic E-state index is 12.2. The third-order valence-corrected chi connectivity index (χ3v) is 3.41. The molecule has 1 saturated heterocycles. The molecule has 1 fully saturated rings. The molecular formula is C13H18ClN3O. The van der Waals surface area contributed by atoms with E-state index in [1.807, 2.05) is 4.90 Å². The predicted molar refractivity (Wildman–Crippen MR) is 72.8 cm³/mol. The summed E-state index contributed by atoms with van der Waals surface area (Å²) in [6, 6.07) is 7.11. The summed E-state index contributed by atoms with van der Waals surface area (Å²) in [7, 11) is 0. The molecule has 2 N–H and O–H groups in total. The highest BCUT2D eigenvalue weighted by Crippen LogP contribution is 2.14. The van der Waals surface area contributed by atoms with E-state index in [9.17, 15) is 4.79 Å². The van der Waals surface area contributed by atoms with Crippen LogP contribution in [0.15, 0.2) is 24.3 Å². The van der Waals surface area contributed by atoms with Gasteiger partial charge in [0.2, 0.25) is 0 Å². The molecular weight excluding hydrogens is 250 g/mol. The predicted octanol–water partition coefficient (Wildman–Crippen LogP) is 1.06. The minimum absolute atomic E-state index is 0.0601. The van der Waals surface area contributed by atoms with Crippen LogP contribution in [-0.2, 0) is 0 Å². The van der Waals surface area contributed by atoms with Crippen molar-refractivity contribution in [2.45, 2.75) is 0 Å². The summed E-state index contributed by atoms with van der Waals surface area (Å²) in [4.78, 5) is 16.4. The number of rotatable bonds is 3. The Balaban J connectivity index is 1.95. The molecule has 5 heteroatoms. The van der Waals surface area contributed by atoms with Gasteiger partial charge in [0.1, 0.15) is 0 Å². The van der Waals surface area contributed by atoms with Crippen LogP contribution in [0.1, 0.15) is 10.4 Å². The van der Waals surface area contributed by atoms with Crippen LogP contribution in [0.25, 0.3) is 0 Å². The molecule has 0 saturated carbocycles. The molecule has 4 nitrogen and oxygen atoms in total. The number of hydrogen-bond acceptors (Lipinski definition) is 3. The number of halogens is 1. The molecule has 1 heterocycles. The van der Waals surface area contributed by atoms with Crippen molar-refractivity contribution in [2.75, 3.05) is 39.3 Å². The number of carbonyl (C=O) groups is 1. The fourth-order valence-electron chi connectivity index (χ4n) is 2.16. The van der Waals surface area contributed by atoms with Gasteiger partial charge in [0, 0.05) is 49.9 Å². The lowest BCUT2D eigenvalue weighted by atomic mass is 10.2. The summed E-state index contributed by atoms with van der Waals surface area (Å²) in [5.74, 6) is 0.0601. The second-order valence-electron chi connectivity index (χ2n) is 4.43. The first kappa shape index (κ1) is 13.3. The van der Waals surface area contributed by atoms with Crippen LogP contribution in [0.2, 0.25) is 5.02 Å². The lowest BCUT2D eigenvalue weighted by Crippen LogP contribution is -2.49. The van der Waals surface area contributed by atoms with Gasteiger partial charge in [-0.1, -0.05) is 17.7 Å². The van der Waals surface area contributed by atoms with E-state index >= 15 is 0 Å². The molecule has 0 unspecified atom stereocenters. The van der Waals surface area contributed by atoms with E-state index in [0.29, 0.717) is 17.1 Å². The van der Waals surface area contributed by atoms with Crippen molar-refractivity contribution in [1.82, 2.24) is 9.80 Å². The van der Waals surface area contributed by atoms with Gasteiger partial charge < -0.3 is 10.6 Å². The van der Waals surface area contributed by atoms with Gasteiger partial charge in [0.25, 0.3) is 5.91 Å². The minimum atomic E-state index is 0.0601. The zero-order chi connectivity index (χ0) is 13.0. The van der Waals surface area contributed by atoms with Gasteiger partial charge in [-0.3, -0.25) is 9.69 Å². The number of piperazine rings is 1. The normalized spacial score (nSPS) is 16.9. The molecule has 0 bridgehead atoms. The van der Waals surface area contributed by atoms with Crippen LogP contribution in [0.4, 0.5) is 0 Å². The molecule has 0 aliphatic carbocycles. The van der Waals surface area contributed by atoms with E-state index in [-0.39, 0.29) is 5.91 Å². The molecule has 18 heavy (non-hydrogen) atoms. The van der Waals surface area contributed by atoms with Crippen molar-refractivity contribution in [3.05, 3.63) is 34.9 Å². The number of carbonyl (C=O) groups excluding carboxylic acids is 1. The van der Waals surface area contributed by atoms with Crippen LogP contribution in [-0.4, -0.2) is 55.0 Å². The molecule has 1 amide bonds. The van der Waals surface area contributed by atoms with Crippen molar-refractivity contribution in [3.8, 4) is 0 Å². The summed E-state index contributed by atoms with van der Waals surface area (Å²) in [6.45, 7) is 4.87. The monoisotopic (exact) mass is 267 g/mol. The van der Waals surface area contributed by atoms with E-state index in [1.54, 1.807) is 24.3 Å². The second-order valence-corrected chi connectivity index (χ2v) is 4.87. The summed E-state index contributed by atoms with van der Waals surface area (Å²) in [6.07, 6.45) is 0. The van der Waals surface area contributed by atoms with Gasteiger partial charge in [-0.25, -0.2) is 0 Å². The van der Waals surface area contributed by atoms with Crippen LogP contribution in [0.5, 0.6) is 0 Å². The Morgan fingerprint density at radius 3 is 2.61 bits per heavy atom. The van der Waals surface area contributed by atoms with Gasteiger partial charge >= 0.3 is 0 Å². The Morgan fingerprint density at radius 1 is 1.28 bits per heavy atom. The Kier molecular flexibility index (Phi) is 4.58. The first-order valence-corrected chi connectivity index (χ1v) is 6.56. The average molecular weight is 268 g/mol. The third kappa shape index (κ3) is 3.22. The number of nitrogens with zero attached hydrogens (tertiary/aromatic N) is 2. The van der Waals surface area contributed by atoms with Gasteiger partial charge in [-0.2, -0.15) is 0 Å². The van der Waals surface area contributed by atoms with Gasteiger partial charge in [0.15, 0.2) is 0 Å². The number of amides is 1. The van der Waals surface area contributed by atoms with Crippen LogP contribution in [0.3, 0.4) is 0 Å². The maximum Gasteiger partial charge on any atom is 0.253 e. The first-order valence-electron chi connectivity index (χ1n) is 6.18. The average Bonchev–Trinajstić information content (AvgIpc) is 2.39. The van der Waals surface area contributed by atoms with Gasteiger partial charge in [-0.05, 0) is 18.2 Å². The van der Waals surface area contributed by atoms with Crippen LogP contribution >= 0.6 is 11.6 Å². The topological polar surface area (TPSA) is 49.6 Å². The summed E-state index contributed by atoms with van der Waals surface area (Å²) in [5, 5.41) is 0.600. The Hall–Kier alpha value is -1.10. The largest absolute Gasteiger partial charge is 0.336 e. The summed E-state index contributed by atoms with van der Waals surface area (Å²) < 4.78 is 0. The summed E-state index contributed by atoms with van der Waals surface area (Å²) >= 11 is 5.90. The number of nitrogens with two attached hydrogens (primary N) is 1. The highest BCUT2D eigenvalue weighted by atomic mass is 35.5. The van der Waals surface area contributed by atoms with E-state index in [1.165, 1.54) is 0 Å². The molecule has 98 valence electrons. The fourth-order valence-corrected chi connectivity index (χ4v) is 2.35. The van der Waals surface area contributed by atoms with Crippen molar-refractivity contribution < 1.29 is 4.79 Å². The zero-order valence-electron chi connectivity index (χ0n) is 10.3. The van der Waals surface area contributed by atoms with E-state index in [4.69, 9.17) is 17.3 Å². The molecule has 0 radical (unpaired) electrons. The smallest absolute Gasteiger partial charge is 0.253 e. The molecule has 1 aliphatic rings. The Labute approximate surface area is 112 Å². The number of hydrogen-bond donors (Lipinski definition) is 1. The van der Waals surface area contributed by atoms with Crippen molar-refractivity contribution in [1.29, 1.82) is 0 Å².